The highest BCUT2D eigenvalue weighted by Crippen LogP contribution is 2.25. The number of rotatable bonds is 1. The van der Waals surface area contributed by atoms with Crippen molar-refractivity contribution < 1.29 is 0 Å². The van der Waals surface area contributed by atoms with Crippen molar-refractivity contribution in [3.63, 3.8) is 0 Å². The number of hydrogen-bond donors (Lipinski definition) is 2. The summed E-state index contributed by atoms with van der Waals surface area (Å²) >= 11 is 0. The molecule has 1 aliphatic carbocycles. The average Bonchev–Trinajstić information content (AvgIpc) is 2.27. The van der Waals surface area contributed by atoms with Crippen LogP contribution in [0.15, 0.2) is 29.4 Å². The minimum absolute atomic E-state index is 0.329. The number of benzene rings is 1. The van der Waals surface area contributed by atoms with E-state index in [1.165, 1.54) is 11.1 Å². The van der Waals surface area contributed by atoms with Gasteiger partial charge in [0.15, 0.2) is 0 Å². The van der Waals surface area contributed by atoms with Crippen LogP contribution in [-0.4, -0.2) is 5.84 Å². The SMILES string of the molecule is NN=C(N)C1CCc2ccccc2C1. The van der Waals surface area contributed by atoms with Crippen molar-refractivity contribution in [3.8, 4) is 0 Å². The van der Waals surface area contributed by atoms with Gasteiger partial charge >= 0.3 is 0 Å². The third-order valence-electron chi connectivity index (χ3n) is 2.91. The third-order valence-corrected chi connectivity index (χ3v) is 2.91. The van der Waals surface area contributed by atoms with E-state index in [0.29, 0.717) is 11.8 Å². The van der Waals surface area contributed by atoms with E-state index in [-0.39, 0.29) is 0 Å². The second-order valence-corrected chi connectivity index (χ2v) is 3.76. The smallest absolute Gasteiger partial charge is 0.122 e. The van der Waals surface area contributed by atoms with Crippen molar-refractivity contribution in [2.45, 2.75) is 19.3 Å². The van der Waals surface area contributed by atoms with Gasteiger partial charge in [-0.2, -0.15) is 5.10 Å². The zero-order chi connectivity index (χ0) is 9.97. The molecule has 1 aromatic carbocycles. The van der Waals surface area contributed by atoms with Gasteiger partial charge in [0.1, 0.15) is 5.84 Å². The summed E-state index contributed by atoms with van der Waals surface area (Å²) in [4.78, 5) is 0. The summed E-state index contributed by atoms with van der Waals surface area (Å²) in [5, 5.41) is 3.58. The number of nitrogens with two attached hydrogens (primary N) is 2. The van der Waals surface area contributed by atoms with Crippen LogP contribution in [0.5, 0.6) is 0 Å². The zero-order valence-electron chi connectivity index (χ0n) is 8.11. The van der Waals surface area contributed by atoms with Crippen LogP contribution in [0.3, 0.4) is 0 Å². The summed E-state index contributed by atoms with van der Waals surface area (Å²) in [6.45, 7) is 0. The molecule has 1 atom stereocenters. The molecule has 0 aromatic heterocycles. The number of fused-ring (bicyclic) bond motifs is 1. The second-order valence-electron chi connectivity index (χ2n) is 3.76. The quantitative estimate of drug-likeness (QED) is 0.300. The Balaban J connectivity index is 2.21. The molecule has 2 rings (SSSR count). The highest BCUT2D eigenvalue weighted by molar-refractivity contribution is 5.83. The molecular weight excluding hydrogens is 174 g/mol. The lowest BCUT2D eigenvalue weighted by Crippen LogP contribution is -2.30. The van der Waals surface area contributed by atoms with Crippen LogP contribution < -0.4 is 11.6 Å². The summed E-state index contributed by atoms with van der Waals surface area (Å²) in [5.74, 6) is 6.10. The van der Waals surface area contributed by atoms with Crippen molar-refractivity contribution in [2.75, 3.05) is 0 Å². The van der Waals surface area contributed by atoms with Gasteiger partial charge < -0.3 is 11.6 Å². The number of hydrazone groups is 1. The van der Waals surface area contributed by atoms with E-state index in [4.69, 9.17) is 11.6 Å². The first-order valence-corrected chi connectivity index (χ1v) is 4.91. The Morgan fingerprint density at radius 1 is 1.29 bits per heavy atom. The molecule has 0 heterocycles. The molecule has 4 N–H and O–H groups in total. The number of amidine groups is 1. The van der Waals surface area contributed by atoms with Gasteiger partial charge in [-0.05, 0) is 30.4 Å². The molecule has 14 heavy (non-hydrogen) atoms. The van der Waals surface area contributed by atoms with Gasteiger partial charge in [-0.1, -0.05) is 24.3 Å². The monoisotopic (exact) mass is 189 g/mol. The fraction of sp³-hybridized carbons (Fsp3) is 0.364. The number of aryl methyl sites for hydroxylation is 1. The molecule has 0 bridgehead atoms. The molecule has 0 saturated carbocycles. The lowest BCUT2D eigenvalue weighted by atomic mass is 9.83. The van der Waals surface area contributed by atoms with E-state index < -0.39 is 0 Å². The zero-order valence-corrected chi connectivity index (χ0v) is 8.11. The molecule has 0 radical (unpaired) electrons. The third kappa shape index (κ3) is 1.58. The normalized spacial score (nSPS) is 21.7. The number of nitrogens with zero attached hydrogens (tertiary/aromatic N) is 1. The Kier molecular flexibility index (Phi) is 2.39. The molecule has 0 spiro atoms. The topological polar surface area (TPSA) is 64.4 Å². The minimum atomic E-state index is 0.329. The van der Waals surface area contributed by atoms with Gasteiger partial charge in [-0.3, -0.25) is 0 Å². The van der Waals surface area contributed by atoms with Gasteiger partial charge in [-0.25, -0.2) is 0 Å². The molecule has 3 heteroatoms. The van der Waals surface area contributed by atoms with E-state index in [9.17, 15) is 0 Å². The van der Waals surface area contributed by atoms with Gasteiger partial charge in [-0.15, -0.1) is 0 Å². The van der Waals surface area contributed by atoms with Crippen molar-refractivity contribution >= 4 is 5.84 Å². The van der Waals surface area contributed by atoms with Gasteiger partial charge in [0.25, 0.3) is 0 Å². The molecule has 1 aliphatic rings. The van der Waals surface area contributed by atoms with Gasteiger partial charge in [0.05, 0.1) is 0 Å². The van der Waals surface area contributed by atoms with Crippen LogP contribution in [0.1, 0.15) is 17.5 Å². The first kappa shape index (κ1) is 9.06. The highest BCUT2D eigenvalue weighted by Gasteiger charge is 2.20. The van der Waals surface area contributed by atoms with Crippen LogP contribution in [0.4, 0.5) is 0 Å². The Labute approximate surface area is 83.8 Å². The minimum Gasteiger partial charge on any atom is -0.385 e. The van der Waals surface area contributed by atoms with Crippen LogP contribution in [0.2, 0.25) is 0 Å². The molecule has 0 aliphatic heterocycles. The predicted octanol–water partition coefficient (Wildman–Crippen LogP) is 1.02. The standard InChI is InChI=1S/C11H15N3/c12-11(14-13)10-6-5-8-3-1-2-4-9(8)7-10/h1-4,10H,5-7,13H2,(H2,12,14). The van der Waals surface area contributed by atoms with Crippen LogP contribution >= 0.6 is 0 Å². The van der Waals surface area contributed by atoms with Crippen molar-refractivity contribution in [2.24, 2.45) is 22.6 Å². The lowest BCUT2D eigenvalue weighted by Gasteiger charge is -2.23. The van der Waals surface area contributed by atoms with Crippen LogP contribution in [-0.2, 0) is 12.8 Å². The fourth-order valence-corrected chi connectivity index (χ4v) is 2.06. The largest absolute Gasteiger partial charge is 0.385 e. The van der Waals surface area contributed by atoms with E-state index in [1.807, 2.05) is 0 Å². The molecule has 0 fully saturated rings. The Morgan fingerprint density at radius 2 is 2.00 bits per heavy atom. The van der Waals surface area contributed by atoms with Crippen LogP contribution in [0, 0.1) is 5.92 Å². The number of hydrogen-bond acceptors (Lipinski definition) is 2. The predicted molar refractivity (Wildman–Crippen MR) is 57.8 cm³/mol. The molecule has 1 aromatic rings. The van der Waals surface area contributed by atoms with Crippen molar-refractivity contribution in [3.05, 3.63) is 35.4 Å². The molecule has 3 nitrogen and oxygen atoms in total. The summed E-state index contributed by atoms with van der Waals surface area (Å²) in [5.41, 5.74) is 8.55. The molecule has 0 saturated heterocycles. The summed E-state index contributed by atoms with van der Waals surface area (Å²) in [6.07, 6.45) is 3.11. The summed E-state index contributed by atoms with van der Waals surface area (Å²) in [6, 6.07) is 8.49. The Morgan fingerprint density at radius 3 is 2.71 bits per heavy atom. The maximum absolute atomic E-state index is 5.73. The van der Waals surface area contributed by atoms with E-state index in [0.717, 1.165) is 19.3 Å². The summed E-state index contributed by atoms with van der Waals surface area (Å²) < 4.78 is 0. The maximum Gasteiger partial charge on any atom is 0.122 e. The second kappa shape index (κ2) is 3.70. The lowest BCUT2D eigenvalue weighted by molar-refractivity contribution is 0.578. The fourth-order valence-electron chi connectivity index (χ4n) is 2.06. The van der Waals surface area contributed by atoms with Gasteiger partial charge in [0.2, 0.25) is 0 Å². The highest BCUT2D eigenvalue weighted by atomic mass is 15.2. The van der Waals surface area contributed by atoms with E-state index >= 15 is 0 Å². The molecular formula is C11H15N3. The van der Waals surface area contributed by atoms with E-state index in [1.54, 1.807) is 0 Å². The maximum atomic E-state index is 5.73. The Bertz CT molecular complexity index is 357. The van der Waals surface area contributed by atoms with Crippen LogP contribution in [0.25, 0.3) is 0 Å². The molecule has 1 unspecified atom stereocenters. The van der Waals surface area contributed by atoms with Gasteiger partial charge in [0, 0.05) is 5.92 Å². The first-order valence-electron chi connectivity index (χ1n) is 4.91. The average molecular weight is 189 g/mol. The van der Waals surface area contributed by atoms with E-state index in [2.05, 4.69) is 29.4 Å². The Hall–Kier alpha value is -1.51. The first-order chi connectivity index (χ1) is 6.81. The van der Waals surface area contributed by atoms with Crippen molar-refractivity contribution in [1.29, 1.82) is 0 Å². The van der Waals surface area contributed by atoms with Crippen molar-refractivity contribution in [1.82, 2.24) is 0 Å². The molecule has 74 valence electrons. The summed E-state index contributed by atoms with van der Waals surface area (Å²) in [7, 11) is 0. The molecule has 0 amide bonds.